The summed E-state index contributed by atoms with van der Waals surface area (Å²) in [5.74, 6) is -2.76. The van der Waals surface area contributed by atoms with Crippen LogP contribution in [0.3, 0.4) is 0 Å². The smallest absolute Gasteiger partial charge is 0.475 e. The van der Waals surface area contributed by atoms with E-state index in [1.165, 1.54) is 0 Å². The van der Waals surface area contributed by atoms with E-state index in [1.807, 2.05) is 0 Å². The molecule has 0 bridgehead atoms. The van der Waals surface area contributed by atoms with Gasteiger partial charge in [-0.2, -0.15) is 26.3 Å². The Morgan fingerprint density at radius 3 is 1.23 bits per heavy atom. The van der Waals surface area contributed by atoms with Gasteiger partial charge in [-0.25, -0.2) is 4.79 Å². The number of carbonyl (C=O) groups excluding carboxylic acids is 1. The first-order chi connectivity index (χ1) is 5.50. The Labute approximate surface area is 67.0 Å². The van der Waals surface area contributed by atoms with Crippen molar-refractivity contribution in [2.75, 3.05) is 0 Å². The monoisotopic (exact) mass is 211 g/mol. The molecular formula is C4HF6O3. The summed E-state index contributed by atoms with van der Waals surface area (Å²) in [6.07, 6.45) is -9.99. The van der Waals surface area contributed by atoms with Gasteiger partial charge in [0.2, 0.25) is 0 Å². The van der Waals surface area contributed by atoms with E-state index in [2.05, 4.69) is 0 Å². The molecule has 0 spiro atoms. The van der Waals surface area contributed by atoms with Crippen LogP contribution in [0.1, 0.15) is 0 Å². The molecule has 0 aliphatic heterocycles. The lowest BCUT2D eigenvalue weighted by atomic mass is 10.7. The molecule has 0 fully saturated rings. The quantitative estimate of drug-likeness (QED) is 0.614. The summed E-state index contributed by atoms with van der Waals surface area (Å²) in [5.41, 5.74) is 0. The summed E-state index contributed by atoms with van der Waals surface area (Å²) in [7, 11) is 0. The maximum absolute atomic E-state index is 10.6. The Balaban J connectivity index is 0. The summed E-state index contributed by atoms with van der Waals surface area (Å²) < 4.78 is 62.8. The second kappa shape index (κ2) is 4.67. The molecule has 0 rings (SSSR count). The molecule has 0 aromatic heterocycles. The molecule has 3 nitrogen and oxygen atoms in total. The third-order valence-electron chi connectivity index (χ3n) is 0.358. The summed E-state index contributed by atoms with van der Waals surface area (Å²) in [4.78, 5) is 17.5. The highest BCUT2D eigenvalue weighted by molar-refractivity contribution is 5.73. The van der Waals surface area contributed by atoms with E-state index in [9.17, 15) is 26.3 Å². The van der Waals surface area contributed by atoms with Gasteiger partial charge in [-0.05, 0) is 0 Å². The van der Waals surface area contributed by atoms with Crippen LogP contribution in [-0.2, 0) is 9.59 Å². The first-order valence-corrected chi connectivity index (χ1v) is 2.27. The lowest BCUT2D eigenvalue weighted by Gasteiger charge is -1.93. The number of halogens is 6. The maximum Gasteiger partial charge on any atom is 0.490 e. The molecule has 0 saturated heterocycles. The van der Waals surface area contributed by atoms with Crippen LogP contribution in [0.5, 0.6) is 0 Å². The van der Waals surface area contributed by atoms with Crippen LogP contribution in [0, 0.1) is 0 Å². The molecule has 13 heavy (non-hydrogen) atoms. The molecule has 77 valence electrons. The average molecular weight is 211 g/mol. The fourth-order valence-corrected chi connectivity index (χ4v) is 0. The predicted molar refractivity (Wildman–Crippen MR) is 25.4 cm³/mol. The Hall–Kier alpha value is -1.28. The van der Waals surface area contributed by atoms with Gasteiger partial charge in [0, 0.05) is 0 Å². The molecule has 0 atom stereocenters. The van der Waals surface area contributed by atoms with E-state index in [1.54, 1.807) is 0 Å². The molecular weight excluding hydrogens is 210 g/mol. The maximum atomic E-state index is 10.6. The van der Waals surface area contributed by atoms with Crippen molar-refractivity contribution in [3.05, 3.63) is 0 Å². The third-order valence-corrected chi connectivity index (χ3v) is 0.358. The average Bonchev–Trinajstić information content (AvgIpc) is 1.85. The fourth-order valence-electron chi connectivity index (χ4n) is 0. The van der Waals surface area contributed by atoms with E-state index in [-0.39, 0.29) is 6.29 Å². The Bertz CT molecular complexity index is 179. The van der Waals surface area contributed by atoms with Crippen LogP contribution in [-0.4, -0.2) is 29.7 Å². The lowest BCUT2D eigenvalue weighted by molar-refractivity contribution is -0.192. The van der Waals surface area contributed by atoms with Gasteiger partial charge in [0.15, 0.2) is 0 Å². The standard InChI is InChI=1S/C2HF3O2.C2F3O/c3-2(4,5)1(6)7;3-2(4,5)1-6/h(H,6,7);. The number of carbonyl (C=O) groups is 1. The highest BCUT2D eigenvalue weighted by Gasteiger charge is 2.38. The number of hydrogen-bond donors (Lipinski definition) is 1. The van der Waals surface area contributed by atoms with Crippen molar-refractivity contribution in [3.63, 3.8) is 0 Å². The van der Waals surface area contributed by atoms with Crippen LogP contribution in [0.15, 0.2) is 0 Å². The minimum atomic E-state index is -5.08. The van der Waals surface area contributed by atoms with Crippen LogP contribution in [0.4, 0.5) is 26.3 Å². The van der Waals surface area contributed by atoms with E-state index >= 15 is 0 Å². The molecule has 0 aromatic carbocycles. The van der Waals surface area contributed by atoms with Crippen LogP contribution < -0.4 is 0 Å². The van der Waals surface area contributed by atoms with E-state index < -0.39 is 18.3 Å². The third kappa shape index (κ3) is 13.7. The van der Waals surface area contributed by atoms with Gasteiger partial charge in [-0.15, -0.1) is 0 Å². The van der Waals surface area contributed by atoms with Crippen LogP contribution in [0.2, 0.25) is 0 Å². The van der Waals surface area contributed by atoms with Crippen molar-refractivity contribution in [1.29, 1.82) is 0 Å². The van der Waals surface area contributed by atoms with Gasteiger partial charge >= 0.3 is 24.6 Å². The van der Waals surface area contributed by atoms with Crippen LogP contribution in [0.25, 0.3) is 0 Å². The predicted octanol–water partition coefficient (Wildman–Crippen LogP) is 1.29. The van der Waals surface area contributed by atoms with Crippen LogP contribution >= 0.6 is 0 Å². The van der Waals surface area contributed by atoms with Gasteiger partial charge in [0.25, 0.3) is 0 Å². The Morgan fingerprint density at radius 1 is 1.08 bits per heavy atom. The van der Waals surface area contributed by atoms with E-state index in [4.69, 9.17) is 14.7 Å². The molecule has 0 aliphatic rings. The van der Waals surface area contributed by atoms with Gasteiger partial charge in [0.1, 0.15) is 0 Å². The number of aliphatic carboxylic acids is 1. The zero-order valence-corrected chi connectivity index (χ0v) is 5.53. The SMILES string of the molecule is O=C(O)C(F)(F)F.O=[C]C(F)(F)F. The van der Waals surface area contributed by atoms with Gasteiger partial charge < -0.3 is 5.11 Å². The van der Waals surface area contributed by atoms with Gasteiger partial charge in [-0.3, -0.25) is 4.79 Å². The van der Waals surface area contributed by atoms with Crippen molar-refractivity contribution >= 4 is 12.3 Å². The molecule has 0 unspecified atom stereocenters. The molecule has 9 heteroatoms. The van der Waals surface area contributed by atoms with Crippen molar-refractivity contribution in [2.24, 2.45) is 0 Å². The van der Waals surface area contributed by atoms with Crippen molar-refractivity contribution in [2.45, 2.75) is 12.4 Å². The number of rotatable bonds is 0. The molecule has 0 heterocycles. The van der Waals surface area contributed by atoms with Gasteiger partial charge in [0.05, 0.1) is 0 Å². The zero-order chi connectivity index (χ0) is 11.3. The minimum Gasteiger partial charge on any atom is -0.475 e. The highest BCUT2D eigenvalue weighted by atomic mass is 19.4. The zero-order valence-electron chi connectivity index (χ0n) is 5.53. The number of hydrogen-bond acceptors (Lipinski definition) is 2. The molecule has 1 N–H and O–H groups in total. The Morgan fingerprint density at radius 2 is 1.23 bits per heavy atom. The topological polar surface area (TPSA) is 54.4 Å². The van der Waals surface area contributed by atoms with Crippen molar-refractivity contribution < 1.29 is 41.0 Å². The number of alkyl halides is 6. The van der Waals surface area contributed by atoms with E-state index in [0.717, 1.165) is 0 Å². The molecule has 1 radical (unpaired) electrons. The largest absolute Gasteiger partial charge is 0.490 e. The van der Waals surface area contributed by atoms with Gasteiger partial charge in [-0.1, -0.05) is 0 Å². The number of carboxylic acid groups (broad SMARTS) is 1. The molecule has 0 aliphatic carbocycles. The molecule has 0 amide bonds. The molecule has 0 aromatic rings. The normalized spacial score (nSPS) is 11.2. The number of carboxylic acids is 1. The minimum absolute atomic E-state index is 0.146. The second-order valence-electron chi connectivity index (χ2n) is 1.40. The fraction of sp³-hybridized carbons (Fsp3) is 0.500. The lowest BCUT2D eigenvalue weighted by Crippen LogP contribution is -2.21. The van der Waals surface area contributed by atoms with Crippen molar-refractivity contribution in [3.8, 4) is 0 Å². The summed E-state index contributed by atoms with van der Waals surface area (Å²) in [6.45, 7) is 0. The second-order valence-corrected chi connectivity index (χ2v) is 1.40. The first kappa shape index (κ1) is 14.3. The highest BCUT2D eigenvalue weighted by Crippen LogP contribution is 2.13. The molecule has 0 saturated carbocycles. The summed E-state index contributed by atoms with van der Waals surface area (Å²) >= 11 is 0. The van der Waals surface area contributed by atoms with Crippen molar-refractivity contribution in [1.82, 2.24) is 0 Å². The first-order valence-electron chi connectivity index (χ1n) is 2.27. The summed E-state index contributed by atoms with van der Waals surface area (Å²) in [6, 6.07) is 0. The van der Waals surface area contributed by atoms with E-state index in [0.29, 0.717) is 0 Å². The Kier molecular flexibility index (Phi) is 5.13. The summed E-state index contributed by atoms with van der Waals surface area (Å²) in [5, 5.41) is 7.12.